The van der Waals surface area contributed by atoms with Crippen molar-refractivity contribution in [2.75, 3.05) is 6.54 Å². The third kappa shape index (κ3) is 2.26. The first-order valence-corrected chi connectivity index (χ1v) is 7.62. The lowest BCUT2D eigenvalue weighted by Crippen LogP contribution is -2.47. The first-order valence-electron chi connectivity index (χ1n) is 6.45. The second-order valence-electron chi connectivity index (χ2n) is 5.65. The molecule has 0 amide bonds. The zero-order chi connectivity index (χ0) is 12.8. The van der Waals surface area contributed by atoms with Crippen molar-refractivity contribution in [1.82, 2.24) is 5.32 Å². The maximum atomic E-state index is 6.11. The van der Waals surface area contributed by atoms with E-state index in [0.717, 1.165) is 24.4 Å². The molecular weight excluding hydrogens is 310 g/mol. The van der Waals surface area contributed by atoms with E-state index in [1.165, 1.54) is 22.0 Å². The lowest BCUT2D eigenvalue weighted by atomic mass is 9.76. The molecule has 0 saturated heterocycles. The fourth-order valence-electron chi connectivity index (χ4n) is 3.17. The number of hydrogen-bond donors (Lipinski definition) is 1. The molecule has 1 aliphatic heterocycles. The minimum atomic E-state index is 0.239. The van der Waals surface area contributed by atoms with E-state index >= 15 is 0 Å². The second-order valence-corrected chi connectivity index (χ2v) is 7.10. The lowest BCUT2D eigenvalue weighted by Gasteiger charge is -2.38. The Morgan fingerprint density at radius 3 is 3.06 bits per heavy atom. The van der Waals surface area contributed by atoms with Gasteiger partial charge in [0.25, 0.3) is 0 Å². The van der Waals surface area contributed by atoms with E-state index in [-0.39, 0.29) is 5.41 Å². The van der Waals surface area contributed by atoms with Crippen molar-refractivity contribution in [3.05, 3.63) is 44.9 Å². The molecule has 0 spiro atoms. The highest BCUT2D eigenvalue weighted by Crippen LogP contribution is 2.39. The van der Waals surface area contributed by atoms with Crippen LogP contribution in [0, 0.1) is 5.41 Å². The molecule has 2 aliphatic rings. The fourth-order valence-corrected chi connectivity index (χ4v) is 4.04. The second kappa shape index (κ2) is 4.66. The minimum Gasteiger partial charge on any atom is -0.308 e. The van der Waals surface area contributed by atoms with Gasteiger partial charge in [0.1, 0.15) is 0 Å². The van der Waals surface area contributed by atoms with Crippen molar-refractivity contribution in [3.8, 4) is 0 Å². The molecule has 3 rings (SSSR count). The number of halogens is 2. The standard InChI is InChI=1S/C15H17BrClN/c1-15-5-4-11-6-13(17)3-2-10(11)7-14(15)18-9-12(16)8-15/h2-3,6,8,14,18H,4-5,7,9H2,1H3. The Morgan fingerprint density at radius 2 is 2.22 bits per heavy atom. The molecule has 0 radical (unpaired) electrons. The summed E-state index contributed by atoms with van der Waals surface area (Å²) in [4.78, 5) is 0. The molecule has 2 unspecified atom stereocenters. The van der Waals surface area contributed by atoms with Gasteiger partial charge in [0.15, 0.2) is 0 Å². The van der Waals surface area contributed by atoms with Crippen LogP contribution in [0.25, 0.3) is 0 Å². The number of nitrogens with one attached hydrogen (secondary N) is 1. The summed E-state index contributed by atoms with van der Waals surface area (Å²) in [5.74, 6) is 0. The maximum absolute atomic E-state index is 6.11. The molecule has 0 aromatic heterocycles. The maximum Gasteiger partial charge on any atom is 0.0408 e. The molecule has 1 aliphatic carbocycles. The van der Waals surface area contributed by atoms with Crippen LogP contribution in [0.5, 0.6) is 0 Å². The van der Waals surface area contributed by atoms with Crippen LogP contribution in [-0.4, -0.2) is 12.6 Å². The highest BCUT2D eigenvalue weighted by molar-refractivity contribution is 9.11. The molecule has 1 nitrogen and oxygen atoms in total. The van der Waals surface area contributed by atoms with Crippen LogP contribution < -0.4 is 5.32 Å². The van der Waals surface area contributed by atoms with E-state index in [2.05, 4.69) is 46.4 Å². The Hall–Kier alpha value is -0.310. The number of aryl methyl sites for hydroxylation is 1. The van der Waals surface area contributed by atoms with Gasteiger partial charge in [-0.3, -0.25) is 0 Å². The molecule has 1 aromatic rings. The predicted molar refractivity (Wildman–Crippen MR) is 80.4 cm³/mol. The Balaban J connectivity index is 1.98. The zero-order valence-corrected chi connectivity index (χ0v) is 12.8. The van der Waals surface area contributed by atoms with Crippen molar-refractivity contribution in [1.29, 1.82) is 0 Å². The lowest BCUT2D eigenvalue weighted by molar-refractivity contribution is 0.261. The first kappa shape index (κ1) is 12.7. The summed E-state index contributed by atoms with van der Waals surface area (Å²) in [6.45, 7) is 3.31. The molecule has 96 valence electrons. The van der Waals surface area contributed by atoms with Crippen LogP contribution in [0.2, 0.25) is 5.02 Å². The van der Waals surface area contributed by atoms with Gasteiger partial charge in [0, 0.05) is 27.5 Å². The third-order valence-corrected chi connectivity index (χ3v) is 5.07. The van der Waals surface area contributed by atoms with E-state index in [4.69, 9.17) is 11.6 Å². The van der Waals surface area contributed by atoms with Crippen molar-refractivity contribution in [3.63, 3.8) is 0 Å². The number of rotatable bonds is 0. The number of fused-ring (bicyclic) bond motifs is 2. The summed E-state index contributed by atoms with van der Waals surface area (Å²) in [5, 5.41) is 4.51. The Morgan fingerprint density at radius 1 is 1.39 bits per heavy atom. The summed E-state index contributed by atoms with van der Waals surface area (Å²) in [6, 6.07) is 6.87. The highest BCUT2D eigenvalue weighted by Gasteiger charge is 2.37. The van der Waals surface area contributed by atoms with Crippen molar-refractivity contribution in [2.24, 2.45) is 5.41 Å². The van der Waals surface area contributed by atoms with Gasteiger partial charge in [-0.1, -0.05) is 46.6 Å². The van der Waals surface area contributed by atoms with Gasteiger partial charge in [0.2, 0.25) is 0 Å². The molecule has 18 heavy (non-hydrogen) atoms. The van der Waals surface area contributed by atoms with Gasteiger partial charge in [-0.25, -0.2) is 0 Å². The van der Waals surface area contributed by atoms with Crippen molar-refractivity contribution < 1.29 is 0 Å². The van der Waals surface area contributed by atoms with Crippen LogP contribution in [0.3, 0.4) is 0 Å². The van der Waals surface area contributed by atoms with Crippen LogP contribution in [0.1, 0.15) is 24.5 Å². The van der Waals surface area contributed by atoms with Gasteiger partial charge < -0.3 is 5.32 Å². The van der Waals surface area contributed by atoms with Crippen LogP contribution in [0.4, 0.5) is 0 Å². The quantitative estimate of drug-likeness (QED) is 0.757. The summed E-state index contributed by atoms with van der Waals surface area (Å²) in [7, 11) is 0. The first-order chi connectivity index (χ1) is 8.57. The monoisotopic (exact) mass is 325 g/mol. The van der Waals surface area contributed by atoms with Crippen LogP contribution >= 0.6 is 27.5 Å². The van der Waals surface area contributed by atoms with Gasteiger partial charge in [-0.2, -0.15) is 0 Å². The Labute approximate surface area is 122 Å². The number of hydrogen-bond acceptors (Lipinski definition) is 1. The predicted octanol–water partition coefficient (Wildman–Crippen LogP) is 4.09. The van der Waals surface area contributed by atoms with Crippen LogP contribution in [-0.2, 0) is 12.8 Å². The minimum absolute atomic E-state index is 0.239. The SMILES string of the molecule is CC12C=C(Br)CNC1Cc1ccc(Cl)cc1CC2. The van der Waals surface area contributed by atoms with Gasteiger partial charge in [-0.05, 0) is 42.5 Å². The summed E-state index contributed by atoms with van der Waals surface area (Å²) < 4.78 is 1.28. The summed E-state index contributed by atoms with van der Waals surface area (Å²) >= 11 is 9.74. The molecule has 0 saturated carbocycles. The molecule has 3 heteroatoms. The van der Waals surface area contributed by atoms with Gasteiger partial charge >= 0.3 is 0 Å². The van der Waals surface area contributed by atoms with Gasteiger partial charge in [-0.15, -0.1) is 0 Å². The molecule has 2 atom stereocenters. The van der Waals surface area contributed by atoms with E-state index in [9.17, 15) is 0 Å². The zero-order valence-electron chi connectivity index (χ0n) is 10.5. The molecular formula is C15H17BrClN. The Bertz CT molecular complexity index is 511. The fraction of sp³-hybridized carbons (Fsp3) is 0.467. The summed E-state index contributed by atoms with van der Waals surface area (Å²) in [5.41, 5.74) is 3.11. The smallest absolute Gasteiger partial charge is 0.0408 e. The van der Waals surface area contributed by atoms with Crippen molar-refractivity contribution >= 4 is 27.5 Å². The largest absolute Gasteiger partial charge is 0.308 e. The highest BCUT2D eigenvalue weighted by atomic mass is 79.9. The van der Waals surface area contributed by atoms with Gasteiger partial charge in [0.05, 0.1) is 0 Å². The normalized spacial score (nSPS) is 31.1. The van der Waals surface area contributed by atoms with Crippen molar-refractivity contribution in [2.45, 2.75) is 32.2 Å². The Kier molecular flexibility index (Phi) is 3.29. The van der Waals surface area contributed by atoms with Crippen LogP contribution in [0.15, 0.2) is 28.8 Å². The molecule has 0 bridgehead atoms. The summed E-state index contributed by atoms with van der Waals surface area (Å²) in [6.07, 6.45) is 5.79. The third-order valence-electron chi connectivity index (χ3n) is 4.33. The molecule has 1 N–H and O–H groups in total. The molecule has 1 heterocycles. The van der Waals surface area contributed by atoms with E-state index < -0.39 is 0 Å². The average Bonchev–Trinajstić information content (AvgIpc) is 2.45. The number of benzene rings is 1. The molecule has 1 aromatic carbocycles. The van der Waals surface area contributed by atoms with E-state index in [1.54, 1.807) is 0 Å². The van der Waals surface area contributed by atoms with E-state index in [1.807, 2.05) is 6.07 Å². The topological polar surface area (TPSA) is 12.0 Å². The average molecular weight is 327 g/mol. The van der Waals surface area contributed by atoms with E-state index in [0.29, 0.717) is 6.04 Å². The molecule has 0 fully saturated rings.